The molecule has 0 radical (unpaired) electrons. The van der Waals surface area contributed by atoms with Crippen LogP contribution in [0.15, 0.2) is 60.8 Å². The van der Waals surface area contributed by atoms with E-state index in [0.717, 1.165) is 89.9 Å². The first kappa shape index (κ1) is 80.1. The quantitative estimate of drug-likeness (QED) is 0.0261. The van der Waals surface area contributed by atoms with Crippen molar-refractivity contribution in [1.82, 2.24) is 0 Å². The predicted molar refractivity (Wildman–Crippen MR) is 362 cm³/mol. The lowest BCUT2D eigenvalue weighted by molar-refractivity contribution is -0.167. The first-order chi connectivity index (χ1) is 41.0. The van der Waals surface area contributed by atoms with Gasteiger partial charge in [0.25, 0.3) is 0 Å². The minimum Gasteiger partial charge on any atom is -0.462 e. The predicted octanol–water partition coefficient (Wildman–Crippen LogP) is 25.5. The molecule has 0 N–H and O–H groups in total. The summed E-state index contributed by atoms with van der Waals surface area (Å²) in [6, 6.07) is 0. The molecular formula is C77H140O6. The maximum Gasteiger partial charge on any atom is 0.306 e. The van der Waals surface area contributed by atoms with Gasteiger partial charge in [0.15, 0.2) is 6.10 Å². The minimum atomic E-state index is -0.768. The Balaban J connectivity index is 3.91. The van der Waals surface area contributed by atoms with Crippen LogP contribution in [-0.4, -0.2) is 37.2 Å². The van der Waals surface area contributed by atoms with E-state index in [4.69, 9.17) is 14.2 Å². The third-order valence-corrected chi connectivity index (χ3v) is 16.5. The Labute approximate surface area is 517 Å². The van der Waals surface area contributed by atoms with Gasteiger partial charge in [-0.05, 0) is 83.5 Å². The minimum absolute atomic E-state index is 0.0686. The van der Waals surface area contributed by atoms with Crippen LogP contribution < -0.4 is 0 Å². The van der Waals surface area contributed by atoms with Gasteiger partial charge < -0.3 is 14.2 Å². The standard InChI is InChI=1S/C77H140O6/c1-4-7-10-13-15-17-19-21-23-25-27-29-31-33-35-37-38-40-41-43-45-47-49-51-53-55-57-59-61-64-67-70-76(79)82-73-74(72-81-75(78)69-66-63-12-9-6-3)83-77(80)71-68-65-62-60-58-56-54-52-50-48-46-44-42-39-36-34-32-30-28-26-24-22-20-18-16-14-11-8-5-2/h7,10,15,17,21,23,26-29,74H,4-6,8-9,11-14,16,18-20,22,24-25,30-73H2,1-3H3/b10-7-,17-15-,23-21-,28-26-,29-27-. The molecule has 0 aromatic rings. The highest BCUT2D eigenvalue weighted by Crippen LogP contribution is 2.19. The molecule has 0 heterocycles. The van der Waals surface area contributed by atoms with Gasteiger partial charge in [-0.3, -0.25) is 14.4 Å². The number of carbonyl (C=O) groups excluding carboxylic acids is 3. The van der Waals surface area contributed by atoms with Crippen LogP contribution >= 0.6 is 0 Å². The van der Waals surface area contributed by atoms with Crippen molar-refractivity contribution >= 4 is 17.9 Å². The van der Waals surface area contributed by atoms with Crippen molar-refractivity contribution in [2.75, 3.05) is 13.2 Å². The average molecular weight is 1160 g/mol. The number of rotatable bonds is 68. The summed E-state index contributed by atoms with van der Waals surface area (Å²) in [6.07, 6.45) is 93.3. The maximum absolute atomic E-state index is 12.9. The summed E-state index contributed by atoms with van der Waals surface area (Å²) in [5.41, 5.74) is 0. The molecule has 6 heteroatoms. The molecule has 0 aliphatic carbocycles. The van der Waals surface area contributed by atoms with E-state index in [-0.39, 0.29) is 31.1 Å². The van der Waals surface area contributed by atoms with Gasteiger partial charge in [0.2, 0.25) is 0 Å². The number of hydrogen-bond acceptors (Lipinski definition) is 6. The summed E-state index contributed by atoms with van der Waals surface area (Å²) < 4.78 is 16.8. The van der Waals surface area contributed by atoms with Crippen LogP contribution in [0.5, 0.6) is 0 Å². The number of allylic oxidation sites excluding steroid dienone is 10. The molecule has 0 aliphatic heterocycles. The molecule has 0 fully saturated rings. The van der Waals surface area contributed by atoms with Gasteiger partial charge in [-0.15, -0.1) is 0 Å². The normalized spacial score (nSPS) is 12.4. The van der Waals surface area contributed by atoms with Crippen LogP contribution in [0.3, 0.4) is 0 Å². The van der Waals surface area contributed by atoms with Crippen molar-refractivity contribution in [3.05, 3.63) is 60.8 Å². The Hall–Kier alpha value is -2.89. The van der Waals surface area contributed by atoms with Crippen molar-refractivity contribution in [1.29, 1.82) is 0 Å². The lowest BCUT2D eigenvalue weighted by atomic mass is 10.0. The highest BCUT2D eigenvalue weighted by Gasteiger charge is 2.19. The molecule has 0 amide bonds. The second-order valence-corrected chi connectivity index (χ2v) is 24.8. The molecule has 1 unspecified atom stereocenters. The molecule has 83 heavy (non-hydrogen) atoms. The van der Waals surface area contributed by atoms with Crippen molar-refractivity contribution < 1.29 is 28.6 Å². The molecule has 0 saturated heterocycles. The number of carbonyl (C=O) groups is 3. The molecule has 0 rings (SSSR count). The molecule has 1 atom stereocenters. The summed E-state index contributed by atoms with van der Waals surface area (Å²) >= 11 is 0. The topological polar surface area (TPSA) is 78.9 Å². The summed E-state index contributed by atoms with van der Waals surface area (Å²) in [5.74, 6) is -0.858. The first-order valence-corrected chi connectivity index (χ1v) is 36.8. The van der Waals surface area contributed by atoms with Gasteiger partial charge in [0.05, 0.1) is 0 Å². The van der Waals surface area contributed by atoms with Crippen molar-refractivity contribution in [2.24, 2.45) is 0 Å². The summed E-state index contributed by atoms with van der Waals surface area (Å²) in [6.45, 7) is 6.51. The van der Waals surface area contributed by atoms with Crippen molar-refractivity contribution in [3.63, 3.8) is 0 Å². The zero-order chi connectivity index (χ0) is 59.9. The number of unbranched alkanes of at least 4 members (excludes halogenated alkanes) is 47. The third kappa shape index (κ3) is 69.8. The molecule has 0 spiro atoms. The fourth-order valence-corrected chi connectivity index (χ4v) is 11.0. The van der Waals surface area contributed by atoms with E-state index in [1.807, 2.05) is 0 Å². The Bertz CT molecular complexity index is 1470. The third-order valence-electron chi connectivity index (χ3n) is 16.5. The average Bonchev–Trinajstić information content (AvgIpc) is 3.49. The van der Waals surface area contributed by atoms with E-state index in [1.165, 1.54) is 263 Å². The zero-order valence-electron chi connectivity index (χ0n) is 55.7. The molecule has 0 bridgehead atoms. The van der Waals surface area contributed by atoms with Crippen LogP contribution in [0.4, 0.5) is 0 Å². The molecular weight excluding hydrogens is 1020 g/mol. The Morgan fingerprint density at radius 1 is 0.253 bits per heavy atom. The Morgan fingerprint density at radius 3 is 0.747 bits per heavy atom. The van der Waals surface area contributed by atoms with Crippen LogP contribution in [-0.2, 0) is 28.6 Å². The van der Waals surface area contributed by atoms with Crippen LogP contribution in [0.2, 0.25) is 0 Å². The SMILES string of the molecule is CC/C=C\C/C=C\C/C=C\C/C=C\CCCCCCCCCCCCCCCCCCCCC(=O)OCC(COC(=O)CCCCCCC)OC(=O)CCCCCCCCCCCCCCCCCCC/C=C\CCCCCCCCCC. The van der Waals surface area contributed by atoms with Crippen LogP contribution in [0, 0.1) is 0 Å². The molecule has 484 valence electrons. The molecule has 0 aromatic carbocycles. The van der Waals surface area contributed by atoms with Crippen LogP contribution in [0.1, 0.15) is 393 Å². The fraction of sp³-hybridized carbons (Fsp3) is 0.831. The monoisotopic (exact) mass is 1160 g/mol. The summed E-state index contributed by atoms with van der Waals surface area (Å²) in [5, 5.41) is 0. The van der Waals surface area contributed by atoms with Gasteiger partial charge >= 0.3 is 17.9 Å². The Morgan fingerprint density at radius 2 is 0.470 bits per heavy atom. The van der Waals surface area contributed by atoms with Gasteiger partial charge in [-0.2, -0.15) is 0 Å². The largest absolute Gasteiger partial charge is 0.462 e. The lowest BCUT2D eigenvalue weighted by Gasteiger charge is -2.18. The Kier molecular flexibility index (Phi) is 69.1. The maximum atomic E-state index is 12.9. The van der Waals surface area contributed by atoms with E-state index < -0.39 is 6.10 Å². The van der Waals surface area contributed by atoms with E-state index in [1.54, 1.807) is 0 Å². The van der Waals surface area contributed by atoms with E-state index in [2.05, 4.69) is 81.5 Å². The molecule has 0 aromatic heterocycles. The number of ether oxygens (including phenoxy) is 3. The highest BCUT2D eigenvalue weighted by atomic mass is 16.6. The van der Waals surface area contributed by atoms with Crippen LogP contribution in [0.25, 0.3) is 0 Å². The second-order valence-electron chi connectivity index (χ2n) is 24.8. The van der Waals surface area contributed by atoms with Crippen molar-refractivity contribution in [3.8, 4) is 0 Å². The number of hydrogen-bond donors (Lipinski definition) is 0. The smallest absolute Gasteiger partial charge is 0.306 e. The first-order valence-electron chi connectivity index (χ1n) is 36.8. The molecule has 6 nitrogen and oxygen atoms in total. The van der Waals surface area contributed by atoms with E-state index in [9.17, 15) is 14.4 Å². The van der Waals surface area contributed by atoms with E-state index >= 15 is 0 Å². The highest BCUT2D eigenvalue weighted by molar-refractivity contribution is 5.71. The summed E-state index contributed by atoms with van der Waals surface area (Å²) in [4.78, 5) is 38.1. The number of esters is 3. The molecule has 0 saturated carbocycles. The summed E-state index contributed by atoms with van der Waals surface area (Å²) in [7, 11) is 0. The lowest BCUT2D eigenvalue weighted by Crippen LogP contribution is -2.30. The second kappa shape index (κ2) is 71.6. The van der Waals surface area contributed by atoms with Gasteiger partial charge in [-0.25, -0.2) is 0 Å². The fourth-order valence-electron chi connectivity index (χ4n) is 11.0. The van der Waals surface area contributed by atoms with E-state index in [0.29, 0.717) is 19.3 Å². The zero-order valence-corrected chi connectivity index (χ0v) is 55.7. The van der Waals surface area contributed by atoms with Gasteiger partial charge in [0, 0.05) is 19.3 Å². The van der Waals surface area contributed by atoms with Gasteiger partial charge in [-0.1, -0.05) is 351 Å². The van der Waals surface area contributed by atoms with Crippen molar-refractivity contribution in [2.45, 2.75) is 399 Å². The molecule has 0 aliphatic rings. The van der Waals surface area contributed by atoms with Gasteiger partial charge in [0.1, 0.15) is 13.2 Å².